The minimum Gasteiger partial charge on any atom is -0.494 e. The van der Waals surface area contributed by atoms with Crippen LogP contribution in [0.4, 0.5) is 0 Å². The van der Waals surface area contributed by atoms with E-state index in [1.165, 1.54) is 5.56 Å². The van der Waals surface area contributed by atoms with Gasteiger partial charge in [0.25, 0.3) is 0 Å². The summed E-state index contributed by atoms with van der Waals surface area (Å²) < 4.78 is 5.42. The van der Waals surface area contributed by atoms with Gasteiger partial charge in [0, 0.05) is 12.5 Å². The molecule has 0 aliphatic heterocycles. The molecule has 0 aromatic heterocycles. The van der Waals surface area contributed by atoms with Crippen LogP contribution in [0.3, 0.4) is 0 Å². The number of benzene rings is 1. The van der Waals surface area contributed by atoms with Crippen molar-refractivity contribution in [2.45, 2.75) is 32.2 Å². The lowest BCUT2D eigenvalue weighted by atomic mass is 10.00. The number of carbonyl (C=O) groups is 1. The monoisotopic (exact) mass is 265 g/mol. The normalized spacial score (nSPS) is 12.4. The maximum Gasteiger partial charge on any atom is 0.303 e. The number of carboxylic acid groups (broad SMARTS) is 1. The summed E-state index contributed by atoms with van der Waals surface area (Å²) in [7, 11) is 4.03. The van der Waals surface area contributed by atoms with Crippen LogP contribution in [0.2, 0.25) is 0 Å². The van der Waals surface area contributed by atoms with Crippen molar-refractivity contribution < 1.29 is 14.6 Å². The highest BCUT2D eigenvalue weighted by Gasteiger charge is 2.14. The number of rotatable bonds is 8. The van der Waals surface area contributed by atoms with Gasteiger partial charge in [-0.15, -0.1) is 0 Å². The van der Waals surface area contributed by atoms with E-state index in [1.54, 1.807) is 0 Å². The molecule has 19 heavy (non-hydrogen) atoms. The van der Waals surface area contributed by atoms with Gasteiger partial charge in [0.15, 0.2) is 0 Å². The second-order valence-corrected chi connectivity index (χ2v) is 4.77. The average molecular weight is 265 g/mol. The maximum absolute atomic E-state index is 10.6. The predicted molar refractivity (Wildman–Crippen MR) is 75.5 cm³/mol. The third-order valence-electron chi connectivity index (χ3n) is 3.07. The number of aliphatic carboxylic acids is 1. The van der Waals surface area contributed by atoms with Crippen LogP contribution in [0.25, 0.3) is 0 Å². The zero-order valence-corrected chi connectivity index (χ0v) is 11.9. The molecule has 0 heterocycles. The summed E-state index contributed by atoms with van der Waals surface area (Å²) in [6.45, 7) is 2.62. The molecule has 0 aliphatic rings. The maximum atomic E-state index is 10.6. The Kier molecular flexibility index (Phi) is 6.36. The first kappa shape index (κ1) is 15.5. The fourth-order valence-electron chi connectivity index (χ4n) is 2.12. The van der Waals surface area contributed by atoms with Crippen LogP contribution >= 0.6 is 0 Å². The van der Waals surface area contributed by atoms with Gasteiger partial charge < -0.3 is 14.7 Å². The second-order valence-electron chi connectivity index (χ2n) is 4.77. The number of nitrogens with zero attached hydrogens (tertiary/aromatic N) is 1. The number of hydrogen-bond acceptors (Lipinski definition) is 3. The Hall–Kier alpha value is -1.55. The van der Waals surface area contributed by atoms with Gasteiger partial charge in [0.2, 0.25) is 0 Å². The Balaban J connectivity index is 2.67. The van der Waals surface area contributed by atoms with Gasteiger partial charge in [-0.2, -0.15) is 0 Å². The van der Waals surface area contributed by atoms with Crippen LogP contribution in [-0.4, -0.2) is 36.7 Å². The van der Waals surface area contributed by atoms with E-state index < -0.39 is 5.97 Å². The molecule has 4 nitrogen and oxygen atoms in total. The average Bonchev–Trinajstić information content (AvgIpc) is 2.35. The topological polar surface area (TPSA) is 49.8 Å². The van der Waals surface area contributed by atoms with E-state index in [0.717, 1.165) is 12.2 Å². The molecule has 0 radical (unpaired) electrons. The third-order valence-corrected chi connectivity index (χ3v) is 3.07. The van der Waals surface area contributed by atoms with Crippen molar-refractivity contribution in [3.8, 4) is 5.75 Å². The molecule has 1 unspecified atom stereocenters. The fraction of sp³-hybridized carbons (Fsp3) is 0.533. The van der Waals surface area contributed by atoms with Gasteiger partial charge in [-0.05, 0) is 51.6 Å². The minimum atomic E-state index is -0.732. The summed E-state index contributed by atoms with van der Waals surface area (Å²) in [6, 6.07) is 8.28. The molecular weight excluding hydrogens is 242 g/mol. The second kappa shape index (κ2) is 7.79. The highest BCUT2D eigenvalue weighted by molar-refractivity contribution is 5.66. The van der Waals surface area contributed by atoms with Gasteiger partial charge in [-0.25, -0.2) is 0 Å². The first-order valence-corrected chi connectivity index (χ1v) is 6.65. The number of carboxylic acids is 1. The molecule has 0 fully saturated rings. The molecular formula is C15H23NO3. The van der Waals surface area contributed by atoms with Crippen molar-refractivity contribution >= 4 is 5.97 Å². The SMILES string of the molecule is CCOc1ccc(C(CCCC(=O)O)N(C)C)cc1. The Morgan fingerprint density at radius 2 is 1.95 bits per heavy atom. The first-order chi connectivity index (χ1) is 9.04. The smallest absolute Gasteiger partial charge is 0.303 e. The highest BCUT2D eigenvalue weighted by Crippen LogP contribution is 2.26. The molecule has 1 rings (SSSR count). The quantitative estimate of drug-likeness (QED) is 0.785. The summed E-state index contributed by atoms with van der Waals surface area (Å²) in [4.78, 5) is 12.7. The standard InChI is InChI=1S/C15H23NO3/c1-4-19-13-10-8-12(9-11-13)14(16(2)3)6-5-7-15(17)18/h8-11,14H,4-7H2,1-3H3,(H,17,18). The zero-order chi connectivity index (χ0) is 14.3. The molecule has 0 spiro atoms. The van der Waals surface area contributed by atoms with E-state index >= 15 is 0 Å². The highest BCUT2D eigenvalue weighted by atomic mass is 16.5. The molecule has 106 valence electrons. The van der Waals surface area contributed by atoms with Crippen molar-refractivity contribution in [2.75, 3.05) is 20.7 Å². The zero-order valence-electron chi connectivity index (χ0n) is 11.9. The molecule has 0 amide bonds. The molecule has 1 atom stereocenters. The van der Waals surface area contributed by atoms with Crippen molar-refractivity contribution in [2.24, 2.45) is 0 Å². The van der Waals surface area contributed by atoms with Crippen LogP contribution in [0.15, 0.2) is 24.3 Å². The van der Waals surface area contributed by atoms with E-state index in [4.69, 9.17) is 9.84 Å². The largest absolute Gasteiger partial charge is 0.494 e. The first-order valence-electron chi connectivity index (χ1n) is 6.65. The van der Waals surface area contributed by atoms with Gasteiger partial charge in [0.05, 0.1) is 6.61 Å². The molecule has 1 N–H and O–H groups in total. The van der Waals surface area contributed by atoms with Gasteiger partial charge in [-0.3, -0.25) is 4.79 Å². The van der Waals surface area contributed by atoms with Gasteiger partial charge in [0.1, 0.15) is 5.75 Å². The Bertz CT molecular complexity index is 387. The summed E-state index contributed by atoms with van der Waals surface area (Å²) in [6.07, 6.45) is 1.75. The van der Waals surface area contributed by atoms with Crippen LogP contribution in [0, 0.1) is 0 Å². The van der Waals surface area contributed by atoms with Gasteiger partial charge >= 0.3 is 5.97 Å². The van der Waals surface area contributed by atoms with Crippen molar-refractivity contribution in [3.05, 3.63) is 29.8 Å². The van der Waals surface area contributed by atoms with Crippen molar-refractivity contribution in [3.63, 3.8) is 0 Å². The van der Waals surface area contributed by atoms with Crippen molar-refractivity contribution in [1.29, 1.82) is 0 Å². The molecule has 1 aromatic carbocycles. The number of ether oxygens (including phenoxy) is 1. The molecule has 0 aliphatic carbocycles. The van der Waals surface area contributed by atoms with E-state index in [-0.39, 0.29) is 12.5 Å². The summed E-state index contributed by atoms with van der Waals surface area (Å²) in [5.74, 6) is 0.137. The van der Waals surface area contributed by atoms with E-state index in [0.29, 0.717) is 13.0 Å². The van der Waals surface area contributed by atoms with E-state index in [9.17, 15) is 4.79 Å². The Morgan fingerprint density at radius 1 is 1.32 bits per heavy atom. The fourth-order valence-corrected chi connectivity index (χ4v) is 2.12. The third kappa shape index (κ3) is 5.30. The molecule has 0 bridgehead atoms. The van der Waals surface area contributed by atoms with Crippen LogP contribution in [0.1, 0.15) is 37.8 Å². The molecule has 1 aromatic rings. The summed E-state index contributed by atoms with van der Waals surface area (Å²) >= 11 is 0. The van der Waals surface area contributed by atoms with E-state index in [1.807, 2.05) is 33.2 Å². The van der Waals surface area contributed by atoms with Crippen molar-refractivity contribution in [1.82, 2.24) is 4.90 Å². The lowest BCUT2D eigenvalue weighted by molar-refractivity contribution is -0.137. The van der Waals surface area contributed by atoms with Crippen LogP contribution in [-0.2, 0) is 4.79 Å². The Labute approximate surface area is 115 Å². The minimum absolute atomic E-state index is 0.224. The van der Waals surface area contributed by atoms with Crippen LogP contribution in [0.5, 0.6) is 5.75 Å². The summed E-state index contributed by atoms with van der Waals surface area (Å²) in [5, 5.41) is 8.70. The van der Waals surface area contributed by atoms with Crippen LogP contribution < -0.4 is 4.74 Å². The molecule has 0 saturated heterocycles. The molecule has 4 heteroatoms. The molecule has 0 saturated carbocycles. The lowest BCUT2D eigenvalue weighted by Gasteiger charge is -2.24. The summed E-state index contributed by atoms with van der Waals surface area (Å²) in [5.41, 5.74) is 1.19. The Morgan fingerprint density at radius 3 is 2.42 bits per heavy atom. The predicted octanol–water partition coefficient (Wildman–Crippen LogP) is 2.94. The number of hydrogen-bond donors (Lipinski definition) is 1. The van der Waals surface area contributed by atoms with Gasteiger partial charge in [-0.1, -0.05) is 12.1 Å². The van der Waals surface area contributed by atoms with E-state index in [2.05, 4.69) is 17.0 Å². The lowest BCUT2D eigenvalue weighted by Crippen LogP contribution is -2.20.